The van der Waals surface area contributed by atoms with E-state index in [0.29, 0.717) is 11.3 Å². The molecule has 0 bridgehead atoms. The van der Waals surface area contributed by atoms with Crippen molar-refractivity contribution in [2.75, 3.05) is 30.4 Å². The first-order chi connectivity index (χ1) is 13.4. The maximum atomic E-state index is 12.2. The van der Waals surface area contributed by atoms with E-state index in [1.807, 2.05) is 26.0 Å². The predicted octanol–water partition coefficient (Wildman–Crippen LogP) is 2.56. The number of nitro benzene ring substituents is 1. The van der Waals surface area contributed by atoms with Gasteiger partial charge in [0.25, 0.3) is 17.5 Å². The molecule has 9 heteroatoms. The molecule has 0 saturated carbocycles. The van der Waals surface area contributed by atoms with Crippen LogP contribution in [0.25, 0.3) is 0 Å². The van der Waals surface area contributed by atoms with Crippen molar-refractivity contribution in [3.8, 4) is 0 Å². The van der Waals surface area contributed by atoms with Gasteiger partial charge in [-0.25, -0.2) is 0 Å². The molecule has 9 nitrogen and oxygen atoms in total. The SMILES string of the molecule is CCN(CC)c1ccc(C(=O)NNC(=O)c2ccc(NC)c([N+](=O)[O-])c2)cc1. The molecule has 2 aromatic carbocycles. The number of anilines is 2. The van der Waals surface area contributed by atoms with Gasteiger partial charge in [-0.1, -0.05) is 0 Å². The third kappa shape index (κ3) is 4.76. The summed E-state index contributed by atoms with van der Waals surface area (Å²) in [4.78, 5) is 37.1. The molecule has 0 aliphatic heterocycles. The van der Waals surface area contributed by atoms with Crippen LogP contribution in [0.4, 0.5) is 17.1 Å². The Kier molecular flexibility index (Phi) is 6.91. The van der Waals surface area contributed by atoms with Gasteiger partial charge in [-0.05, 0) is 50.2 Å². The van der Waals surface area contributed by atoms with Crippen LogP contribution in [0, 0.1) is 10.1 Å². The summed E-state index contributed by atoms with van der Waals surface area (Å²) in [6, 6.07) is 11.0. The molecule has 28 heavy (non-hydrogen) atoms. The minimum absolute atomic E-state index is 0.0582. The number of benzene rings is 2. The van der Waals surface area contributed by atoms with E-state index in [-0.39, 0.29) is 11.3 Å². The van der Waals surface area contributed by atoms with E-state index < -0.39 is 16.7 Å². The number of carbonyl (C=O) groups is 2. The summed E-state index contributed by atoms with van der Waals surface area (Å²) in [6.45, 7) is 5.81. The molecule has 0 aliphatic carbocycles. The fourth-order valence-electron chi connectivity index (χ4n) is 2.71. The molecule has 0 saturated heterocycles. The van der Waals surface area contributed by atoms with Crippen LogP contribution in [-0.2, 0) is 0 Å². The molecule has 0 aliphatic rings. The van der Waals surface area contributed by atoms with Crippen LogP contribution in [0.15, 0.2) is 42.5 Å². The molecule has 0 spiro atoms. The molecule has 2 rings (SSSR count). The van der Waals surface area contributed by atoms with Gasteiger partial charge in [0.2, 0.25) is 0 Å². The summed E-state index contributed by atoms with van der Waals surface area (Å²) in [5, 5.41) is 13.8. The quantitative estimate of drug-likeness (QED) is 0.498. The molecule has 0 atom stereocenters. The average molecular weight is 385 g/mol. The second kappa shape index (κ2) is 9.36. The zero-order valence-corrected chi connectivity index (χ0v) is 16.0. The molecule has 2 aromatic rings. The van der Waals surface area contributed by atoms with Gasteiger partial charge in [0.1, 0.15) is 5.69 Å². The van der Waals surface area contributed by atoms with Crippen LogP contribution in [0.2, 0.25) is 0 Å². The van der Waals surface area contributed by atoms with Gasteiger partial charge >= 0.3 is 0 Å². The van der Waals surface area contributed by atoms with Crippen LogP contribution >= 0.6 is 0 Å². The molecule has 148 valence electrons. The fourth-order valence-corrected chi connectivity index (χ4v) is 2.71. The van der Waals surface area contributed by atoms with Crippen molar-refractivity contribution in [1.82, 2.24) is 10.9 Å². The van der Waals surface area contributed by atoms with E-state index in [1.54, 1.807) is 19.2 Å². The first-order valence-electron chi connectivity index (χ1n) is 8.83. The zero-order chi connectivity index (χ0) is 20.7. The highest BCUT2D eigenvalue weighted by atomic mass is 16.6. The molecule has 0 unspecified atom stereocenters. The van der Waals surface area contributed by atoms with Crippen molar-refractivity contribution in [3.63, 3.8) is 0 Å². The summed E-state index contributed by atoms with van der Waals surface area (Å²) in [7, 11) is 1.55. The third-order valence-electron chi connectivity index (χ3n) is 4.27. The fraction of sp³-hybridized carbons (Fsp3) is 0.263. The van der Waals surface area contributed by atoms with Crippen molar-refractivity contribution in [2.45, 2.75) is 13.8 Å². The predicted molar refractivity (Wildman–Crippen MR) is 108 cm³/mol. The first-order valence-corrected chi connectivity index (χ1v) is 8.83. The van der Waals surface area contributed by atoms with Crippen LogP contribution < -0.4 is 21.1 Å². The summed E-state index contributed by atoms with van der Waals surface area (Å²) in [5.74, 6) is -1.14. The molecular formula is C19H23N5O4. The number of hydrazine groups is 1. The lowest BCUT2D eigenvalue weighted by atomic mass is 10.1. The largest absolute Gasteiger partial charge is 0.383 e. The van der Waals surface area contributed by atoms with Crippen LogP contribution in [0.1, 0.15) is 34.6 Å². The van der Waals surface area contributed by atoms with E-state index in [9.17, 15) is 19.7 Å². The Bertz CT molecular complexity index is 863. The number of nitro groups is 1. The van der Waals surface area contributed by atoms with Crippen LogP contribution in [0.5, 0.6) is 0 Å². The Morgan fingerprint density at radius 2 is 1.50 bits per heavy atom. The zero-order valence-electron chi connectivity index (χ0n) is 16.0. The van der Waals surface area contributed by atoms with Gasteiger partial charge in [0, 0.05) is 43.0 Å². The molecule has 0 aromatic heterocycles. The topological polar surface area (TPSA) is 117 Å². The van der Waals surface area contributed by atoms with Gasteiger partial charge in [0.15, 0.2) is 0 Å². The number of hydrogen-bond acceptors (Lipinski definition) is 6. The maximum Gasteiger partial charge on any atom is 0.293 e. The second-order valence-corrected chi connectivity index (χ2v) is 5.87. The van der Waals surface area contributed by atoms with Crippen molar-refractivity contribution in [3.05, 3.63) is 63.7 Å². The van der Waals surface area contributed by atoms with E-state index in [1.165, 1.54) is 12.1 Å². The number of nitrogens with zero attached hydrogens (tertiary/aromatic N) is 2. The van der Waals surface area contributed by atoms with E-state index >= 15 is 0 Å². The summed E-state index contributed by atoms with van der Waals surface area (Å²) < 4.78 is 0. The number of rotatable bonds is 7. The Morgan fingerprint density at radius 1 is 0.964 bits per heavy atom. The van der Waals surface area contributed by atoms with Crippen molar-refractivity contribution < 1.29 is 14.5 Å². The van der Waals surface area contributed by atoms with E-state index in [0.717, 1.165) is 24.8 Å². The average Bonchev–Trinajstić information content (AvgIpc) is 2.72. The molecule has 2 amide bonds. The van der Waals surface area contributed by atoms with Gasteiger partial charge in [-0.3, -0.25) is 30.6 Å². The monoisotopic (exact) mass is 385 g/mol. The highest BCUT2D eigenvalue weighted by Crippen LogP contribution is 2.24. The minimum Gasteiger partial charge on any atom is -0.383 e. The lowest BCUT2D eigenvalue weighted by molar-refractivity contribution is -0.384. The summed E-state index contributed by atoms with van der Waals surface area (Å²) in [5.41, 5.74) is 6.09. The van der Waals surface area contributed by atoms with Crippen molar-refractivity contribution in [2.24, 2.45) is 0 Å². The smallest absolute Gasteiger partial charge is 0.293 e. The van der Waals surface area contributed by atoms with Gasteiger partial charge < -0.3 is 10.2 Å². The lowest BCUT2D eigenvalue weighted by Gasteiger charge is -2.21. The van der Waals surface area contributed by atoms with Crippen molar-refractivity contribution >= 4 is 28.9 Å². The molecule has 0 heterocycles. The van der Waals surface area contributed by atoms with Gasteiger partial charge in [-0.2, -0.15) is 0 Å². The molecule has 0 fully saturated rings. The number of hydrogen-bond donors (Lipinski definition) is 3. The van der Waals surface area contributed by atoms with Gasteiger partial charge in [0.05, 0.1) is 4.92 Å². The Morgan fingerprint density at radius 3 is 2.00 bits per heavy atom. The molecular weight excluding hydrogens is 362 g/mol. The number of carbonyl (C=O) groups excluding carboxylic acids is 2. The van der Waals surface area contributed by atoms with Gasteiger partial charge in [-0.15, -0.1) is 0 Å². The molecule has 3 N–H and O–H groups in total. The second-order valence-electron chi connectivity index (χ2n) is 5.87. The Hall–Kier alpha value is -3.62. The standard InChI is InChI=1S/C19H23N5O4/c1-4-23(5-2)15-9-6-13(7-10-15)18(25)21-22-19(26)14-8-11-16(20-3)17(12-14)24(27)28/h6-12,20H,4-5H2,1-3H3,(H,21,25)(H,22,26). The normalized spacial score (nSPS) is 10.1. The number of amides is 2. The Balaban J connectivity index is 2.03. The van der Waals surface area contributed by atoms with E-state index in [2.05, 4.69) is 21.1 Å². The van der Waals surface area contributed by atoms with Crippen LogP contribution in [-0.4, -0.2) is 36.9 Å². The van der Waals surface area contributed by atoms with Crippen molar-refractivity contribution in [1.29, 1.82) is 0 Å². The van der Waals surface area contributed by atoms with E-state index in [4.69, 9.17) is 0 Å². The first kappa shape index (κ1) is 20.7. The maximum absolute atomic E-state index is 12.2. The highest BCUT2D eigenvalue weighted by Gasteiger charge is 2.17. The lowest BCUT2D eigenvalue weighted by Crippen LogP contribution is -2.41. The summed E-state index contributed by atoms with van der Waals surface area (Å²) >= 11 is 0. The minimum atomic E-state index is -0.654. The third-order valence-corrected chi connectivity index (χ3v) is 4.27. The molecule has 0 radical (unpaired) electrons. The Labute approximate surface area is 162 Å². The summed E-state index contributed by atoms with van der Waals surface area (Å²) in [6.07, 6.45) is 0. The number of nitrogens with one attached hydrogen (secondary N) is 3. The highest BCUT2D eigenvalue weighted by molar-refractivity contribution is 5.99. The van der Waals surface area contributed by atoms with Crippen LogP contribution in [0.3, 0.4) is 0 Å².